The van der Waals surface area contributed by atoms with Crippen molar-refractivity contribution in [3.63, 3.8) is 0 Å². The molecular formula is C20H20N4O3S. The molecule has 1 N–H and O–H groups in total. The molecule has 28 heavy (non-hydrogen) atoms. The highest BCUT2D eigenvalue weighted by Crippen LogP contribution is 2.29. The average Bonchev–Trinajstić information content (AvgIpc) is 2.96. The molecule has 1 amide bonds. The lowest BCUT2D eigenvalue weighted by Gasteiger charge is -2.09. The minimum Gasteiger partial charge on any atom is -0.325 e. The van der Waals surface area contributed by atoms with Crippen LogP contribution in [-0.4, -0.2) is 26.4 Å². The van der Waals surface area contributed by atoms with E-state index in [1.165, 1.54) is 17.8 Å². The first-order valence-corrected chi connectivity index (χ1v) is 9.65. The number of amides is 1. The molecule has 144 valence electrons. The molecule has 1 aromatic heterocycles. The third kappa shape index (κ3) is 4.07. The third-order valence-corrected chi connectivity index (χ3v) is 5.64. The average molecular weight is 396 g/mol. The molecule has 7 nitrogen and oxygen atoms in total. The number of aromatic nitrogens is 2. The molecule has 8 heteroatoms. The van der Waals surface area contributed by atoms with Gasteiger partial charge in [-0.1, -0.05) is 24.3 Å². The Morgan fingerprint density at radius 3 is 2.54 bits per heavy atom. The fraction of sp³-hybridized carbons (Fsp3) is 0.200. The first-order chi connectivity index (χ1) is 13.4. The van der Waals surface area contributed by atoms with Crippen LogP contribution in [-0.2, 0) is 4.79 Å². The summed E-state index contributed by atoms with van der Waals surface area (Å²) < 4.78 is 1.86. The van der Waals surface area contributed by atoms with Gasteiger partial charge in [0.15, 0.2) is 0 Å². The lowest BCUT2D eigenvalue weighted by atomic mass is 10.1. The Balaban J connectivity index is 1.72. The Bertz CT molecular complexity index is 1030. The van der Waals surface area contributed by atoms with Gasteiger partial charge in [-0.25, -0.2) is 4.68 Å². The zero-order chi connectivity index (χ0) is 20.3. The number of hydrogen-bond acceptors (Lipinski definition) is 5. The summed E-state index contributed by atoms with van der Waals surface area (Å²) in [6.45, 7) is 5.51. The van der Waals surface area contributed by atoms with Crippen molar-refractivity contribution in [1.29, 1.82) is 0 Å². The molecule has 0 saturated carbocycles. The number of thioether (sulfide) groups is 1. The van der Waals surface area contributed by atoms with E-state index in [4.69, 9.17) is 0 Å². The number of nitrogens with zero attached hydrogens (tertiary/aromatic N) is 3. The van der Waals surface area contributed by atoms with Crippen LogP contribution in [0, 0.1) is 30.9 Å². The lowest BCUT2D eigenvalue weighted by Crippen LogP contribution is -2.15. The number of para-hydroxylation sites is 1. The SMILES string of the molecule is Cc1nn(-c2ccccc2)c(C)c1SCC(=O)Nc1cccc([N+](=O)[O-])c1C. The molecule has 0 unspecified atom stereocenters. The maximum atomic E-state index is 12.4. The second-order valence-corrected chi connectivity index (χ2v) is 7.28. The van der Waals surface area contributed by atoms with Crippen LogP contribution in [0.15, 0.2) is 53.4 Å². The Labute approximate surface area is 166 Å². The van der Waals surface area contributed by atoms with Crippen molar-refractivity contribution in [2.24, 2.45) is 0 Å². The number of anilines is 1. The number of nitro groups is 1. The van der Waals surface area contributed by atoms with Gasteiger partial charge in [-0.15, -0.1) is 11.8 Å². The van der Waals surface area contributed by atoms with E-state index in [1.807, 2.05) is 48.9 Å². The smallest absolute Gasteiger partial charge is 0.274 e. The van der Waals surface area contributed by atoms with E-state index < -0.39 is 4.92 Å². The Morgan fingerprint density at radius 2 is 1.86 bits per heavy atom. The number of aryl methyl sites for hydroxylation is 1. The number of nitro benzene ring substituents is 1. The van der Waals surface area contributed by atoms with Gasteiger partial charge in [-0.3, -0.25) is 14.9 Å². The monoisotopic (exact) mass is 396 g/mol. The van der Waals surface area contributed by atoms with Crippen molar-refractivity contribution in [2.45, 2.75) is 25.7 Å². The number of benzene rings is 2. The summed E-state index contributed by atoms with van der Waals surface area (Å²) in [6.07, 6.45) is 0. The molecule has 0 saturated heterocycles. The first kappa shape index (κ1) is 19.6. The molecule has 0 spiro atoms. The summed E-state index contributed by atoms with van der Waals surface area (Å²) in [5.41, 5.74) is 3.66. The topological polar surface area (TPSA) is 90.1 Å². The van der Waals surface area contributed by atoms with Gasteiger partial charge in [0.1, 0.15) is 0 Å². The summed E-state index contributed by atoms with van der Waals surface area (Å²) in [5, 5.41) is 18.4. The number of hydrogen-bond donors (Lipinski definition) is 1. The zero-order valence-electron chi connectivity index (χ0n) is 15.8. The molecule has 0 bridgehead atoms. The minimum absolute atomic E-state index is 0.0127. The largest absolute Gasteiger partial charge is 0.325 e. The number of carbonyl (C=O) groups excluding carboxylic acids is 1. The van der Waals surface area contributed by atoms with Crippen LogP contribution < -0.4 is 5.32 Å². The molecule has 2 aromatic carbocycles. The van der Waals surface area contributed by atoms with Gasteiger partial charge in [0.25, 0.3) is 5.69 Å². The second-order valence-electron chi connectivity index (χ2n) is 6.29. The van der Waals surface area contributed by atoms with Crippen LogP contribution in [0.1, 0.15) is 17.0 Å². The van der Waals surface area contributed by atoms with Crippen molar-refractivity contribution < 1.29 is 9.72 Å². The van der Waals surface area contributed by atoms with Crippen molar-refractivity contribution in [1.82, 2.24) is 9.78 Å². The summed E-state index contributed by atoms with van der Waals surface area (Å²) in [4.78, 5) is 23.9. The summed E-state index contributed by atoms with van der Waals surface area (Å²) in [5.74, 6) is -0.0375. The Kier molecular flexibility index (Phi) is 5.79. The predicted octanol–water partition coefficient (Wildman–Crippen LogP) is 4.44. The highest BCUT2D eigenvalue weighted by molar-refractivity contribution is 8.00. The van der Waals surface area contributed by atoms with Gasteiger partial charge in [0, 0.05) is 6.07 Å². The summed E-state index contributed by atoms with van der Waals surface area (Å²) in [6, 6.07) is 14.5. The maximum absolute atomic E-state index is 12.4. The van der Waals surface area contributed by atoms with E-state index >= 15 is 0 Å². The summed E-state index contributed by atoms with van der Waals surface area (Å²) in [7, 11) is 0. The third-order valence-electron chi connectivity index (χ3n) is 4.35. The lowest BCUT2D eigenvalue weighted by molar-refractivity contribution is -0.385. The predicted molar refractivity (Wildman–Crippen MR) is 110 cm³/mol. The highest BCUT2D eigenvalue weighted by Gasteiger charge is 2.17. The van der Waals surface area contributed by atoms with Crippen molar-refractivity contribution in [3.05, 3.63) is 75.6 Å². The van der Waals surface area contributed by atoms with E-state index in [1.54, 1.807) is 19.1 Å². The van der Waals surface area contributed by atoms with Crippen LogP contribution >= 0.6 is 11.8 Å². The number of nitrogens with one attached hydrogen (secondary N) is 1. The van der Waals surface area contributed by atoms with Crippen molar-refractivity contribution >= 4 is 29.0 Å². The Morgan fingerprint density at radius 1 is 1.14 bits per heavy atom. The van der Waals surface area contributed by atoms with Gasteiger partial charge >= 0.3 is 0 Å². The van der Waals surface area contributed by atoms with E-state index in [0.717, 1.165) is 22.0 Å². The minimum atomic E-state index is -0.454. The molecular weight excluding hydrogens is 376 g/mol. The van der Waals surface area contributed by atoms with Gasteiger partial charge in [0.2, 0.25) is 5.91 Å². The highest BCUT2D eigenvalue weighted by atomic mass is 32.2. The molecule has 0 aliphatic carbocycles. The van der Waals surface area contributed by atoms with Gasteiger partial charge in [0.05, 0.1) is 43.9 Å². The van der Waals surface area contributed by atoms with Gasteiger partial charge < -0.3 is 5.32 Å². The van der Waals surface area contributed by atoms with Crippen molar-refractivity contribution in [2.75, 3.05) is 11.1 Å². The number of rotatable bonds is 6. The number of carbonyl (C=O) groups is 1. The standard InChI is InChI=1S/C20H20N4O3S/c1-13-17(10-7-11-18(13)24(26)27)21-19(25)12-28-20-14(2)22-23(15(20)3)16-8-5-4-6-9-16/h4-11H,12H2,1-3H3,(H,21,25). The van der Waals surface area contributed by atoms with E-state index in [2.05, 4.69) is 10.4 Å². The maximum Gasteiger partial charge on any atom is 0.274 e. The molecule has 0 aliphatic heterocycles. The molecule has 0 radical (unpaired) electrons. The van der Waals surface area contributed by atoms with Crippen LogP contribution in [0.25, 0.3) is 5.69 Å². The molecule has 0 fully saturated rings. The molecule has 3 rings (SSSR count). The van der Waals surface area contributed by atoms with Gasteiger partial charge in [-0.2, -0.15) is 5.10 Å². The van der Waals surface area contributed by atoms with Crippen molar-refractivity contribution in [3.8, 4) is 5.69 Å². The Hall–Kier alpha value is -3.13. The van der Waals surface area contributed by atoms with E-state index in [9.17, 15) is 14.9 Å². The van der Waals surface area contributed by atoms with Crippen LogP contribution in [0.2, 0.25) is 0 Å². The molecule has 0 atom stereocenters. The van der Waals surface area contributed by atoms with E-state index in [0.29, 0.717) is 11.3 Å². The van der Waals surface area contributed by atoms with Gasteiger partial charge in [-0.05, 0) is 39.0 Å². The van der Waals surface area contributed by atoms with Crippen LogP contribution in [0.3, 0.4) is 0 Å². The zero-order valence-corrected chi connectivity index (χ0v) is 16.6. The fourth-order valence-electron chi connectivity index (χ4n) is 2.94. The quantitative estimate of drug-likeness (QED) is 0.378. The van der Waals surface area contributed by atoms with Crippen LogP contribution in [0.4, 0.5) is 11.4 Å². The van der Waals surface area contributed by atoms with Crippen LogP contribution in [0.5, 0.6) is 0 Å². The molecule has 0 aliphatic rings. The summed E-state index contributed by atoms with van der Waals surface area (Å²) >= 11 is 1.40. The fourth-order valence-corrected chi connectivity index (χ4v) is 3.83. The van der Waals surface area contributed by atoms with E-state index in [-0.39, 0.29) is 17.3 Å². The molecule has 3 aromatic rings. The first-order valence-electron chi connectivity index (χ1n) is 8.66. The molecule has 1 heterocycles. The normalized spacial score (nSPS) is 10.7. The second kappa shape index (κ2) is 8.26.